The molecule has 1 aliphatic rings. The SMILES string of the molecule is NCCSc1cccc(CN2CCCCC2)c1. The summed E-state index contributed by atoms with van der Waals surface area (Å²) in [6.45, 7) is 4.39. The number of piperidine rings is 1. The molecule has 94 valence electrons. The average Bonchev–Trinajstić information content (AvgIpc) is 2.38. The Labute approximate surface area is 109 Å². The van der Waals surface area contributed by atoms with Crippen LogP contribution in [0, 0.1) is 0 Å². The van der Waals surface area contributed by atoms with Gasteiger partial charge in [0.1, 0.15) is 0 Å². The van der Waals surface area contributed by atoms with Crippen molar-refractivity contribution in [3.8, 4) is 0 Å². The number of benzene rings is 1. The quantitative estimate of drug-likeness (QED) is 0.815. The van der Waals surface area contributed by atoms with E-state index in [4.69, 9.17) is 5.73 Å². The van der Waals surface area contributed by atoms with Crippen molar-refractivity contribution < 1.29 is 0 Å². The molecule has 1 aliphatic heterocycles. The number of hydrogen-bond donors (Lipinski definition) is 1. The molecule has 0 radical (unpaired) electrons. The second kappa shape index (κ2) is 7.04. The first-order chi connectivity index (χ1) is 8.38. The van der Waals surface area contributed by atoms with E-state index in [1.807, 2.05) is 11.8 Å². The predicted octanol–water partition coefficient (Wildman–Crippen LogP) is 2.72. The van der Waals surface area contributed by atoms with Crippen molar-refractivity contribution in [1.82, 2.24) is 4.90 Å². The molecule has 1 heterocycles. The predicted molar refractivity (Wildman–Crippen MR) is 75.3 cm³/mol. The topological polar surface area (TPSA) is 29.3 Å². The van der Waals surface area contributed by atoms with Gasteiger partial charge in [0.2, 0.25) is 0 Å². The van der Waals surface area contributed by atoms with Gasteiger partial charge in [0.15, 0.2) is 0 Å². The van der Waals surface area contributed by atoms with Gasteiger partial charge in [0.05, 0.1) is 0 Å². The van der Waals surface area contributed by atoms with E-state index in [1.165, 1.54) is 42.8 Å². The first-order valence-electron chi connectivity index (χ1n) is 6.52. The number of hydrogen-bond acceptors (Lipinski definition) is 3. The Morgan fingerprint density at radius 1 is 1.18 bits per heavy atom. The van der Waals surface area contributed by atoms with E-state index in [-0.39, 0.29) is 0 Å². The second-order valence-electron chi connectivity index (χ2n) is 4.62. The summed E-state index contributed by atoms with van der Waals surface area (Å²) in [4.78, 5) is 3.92. The third-order valence-electron chi connectivity index (χ3n) is 3.14. The van der Waals surface area contributed by atoms with E-state index in [0.717, 1.165) is 18.8 Å². The van der Waals surface area contributed by atoms with Gasteiger partial charge >= 0.3 is 0 Å². The first kappa shape index (κ1) is 12.9. The molecule has 1 aromatic rings. The highest BCUT2D eigenvalue weighted by Crippen LogP contribution is 2.20. The molecule has 2 N–H and O–H groups in total. The molecule has 0 spiro atoms. The average molecular weight is 250 g/mol. The van der Waals surface area contributed by atoms with Gasteiger partial charge < -0.3 is 5.73 Å². The van der Waals surface area contributed by atoms with E-state index >= 15 is 0 Å². The van der Waals surface area contributed by atoms with Crippen LogP contribution in [-0.2, 0) is 6.54 Å². The third kappa shape index (κ3) is 4.34. The van der Waals surface area contributed by atoms with Gasteiger partial charge in [-0.2, -0.15) is 0 Å². The van der Waals surface area contributed by atoms with Crippen molar-refractivity contribution >= 4 is 11.8 Å². The van der Waals surface area contributed by atoms with Crippen LogP contribution in [-0.4, -0.2) is 30.3 Å². The Kier molecular flexibility index (Phi) is 5.36. The molecule has 2 rings (SSSR count). The minimum absolute atomic E-state index is 0.751. The number of likely N-dealkylation sites (tertiary alicyclic amines) is 1. The Hall–Kier alpha value is -0.510. The first-order valence-corrected chi connectivity index (χ1v) is 7.51. The molecule has 0 saturated carbocycles. The molecular formula is C14H22N2S. The van der Waals surface area contributed by atoms with Crippen molar-refractivity contribution in [2.45, 2.75) is 30.7 Å². The lowest BCUT2D eigenvalue weighted by Crippen LogP contribution is -2.29. The monoisotopic (exact) mass is 250 g/mol. The van der Waals surface area contributed by atoms with Crippen molar-refractivity contribution in [1.29, 1.82) is 0 Å². The molecule has 1 saturated heterocycles. The molecule has 1 fully saturated rings. The number of nitrogens with zero attached hydrogens (tertiary/aromatic N) is 1. The molecular weight excluding hydrogens is 228 g/mol. The summed E-state index contributed by atoms with van der Waals surface area (Å²) >= 11 is 1.85. The summed E-state index contributed by atoms with van der Waals surface area (Å²) < 4.78 is 0. The minimum atomic E-state index is 0.751. The molecule has 0 bridgehead atoms. The normalized spacial score (nSPS) is 17.2. The van der Waals surface area contributed by atoms with Gasteiger partial charge in [-0.05, 0) is 43.6 Å². The fourth-order valence-electron chi connectivity index (χ4n) is 2.29. The summed E-state index contributed by atoms with van der Waals surface area (Å²) in [7, 11) is 0. The van der Waals surface area contributed by atoms with Gasteiger partial charge in [-0.15, -0.1) is 11.8 Å². The maximum Gasteiger partial charge on any atom is 0.0234 e. The van der Waals surface area contributed by atoms with Crippen LogP contribution in [0.5, 0.6) is 0 Å². The Morgan fingerprint density at radius 3 is 2.76 bits per heavy atom. The molecule has 17 heavy (non-hydrogen) atoms. The van der Waals surface area contributed by atoms with Gasteiger partial charge in [-0.3, -0.25) is 4.90 Å². The van der Waals surface area contributed by atoms with Crippen LogP contribution in [0.1, 0.15) is 24.8 Å². The zero-order valence-corrected chi connectivity index (χ0v) is 11.2. The van der Waals surface area contributed by atoms with Gasteiger partial charge in [0, 0.05) is 23.7 Å². The van der Waals surface area contributed by atoms with Gasteiger partial charge in [-0.1, -0.05) is 18.6 Å². The van der Waals surface area contributed by atoms with Crippen molar-refractivity contribution in [2.75, 3.05) is 25.4 Å². The minimum Gasteiger partial charge on any atom is -0.330 e. The van der Waals surface area contributed by atoms with Crippen LogP contribution in [0.15, 0.2) is 29.2 Å². The van der Waals surface area contributed by atoms with E-state index in [2.05, 4.69) is 29.2 Å². The zero-order chi connectivity index (χ0) is 11.9. The molecule has 0 aliphatic carbocycles. The fourth-order valence-corrected chi connectivity index (χ4v) is 3.05. The summed E-state index contributed by atoms with van der Waals surface area (Å²) in [6.07, 6.45) is 4.13. The summed E-state index contributed by atoms with van der Waals surface area (Å²) in [5, 5.41) is 0. The lowest BCUT2D eigenvalue weighted by molar-refractivity contribution is 0.221. The van der Waals surface area contributed by atoms with E-state index in [9.17, 15) is 0 Å². The Balaban J connectivity index is 1.90. The van der Waals surface area contributed by atoms with Crippen LogP contribution >= 0.6 is 11.8 Å². The standard InChI is InChI=1S/C14H22N2S/c15-7-10-17-14-6-4-5-13(11-14)12-16-8-2-1-3-9-16/h4-6,11H,1-3,7-10,12,15H2. The van der Waals surface area contributed by atoms with Crippen LogP contribution in [0.4, 0.5) is 0 Å². The zero-order valence-electron chi connectivity index (χ0n) is 10.4. The van der Waals surface area contributed by atoms with Crippen molar-refractivity contribution in [2.24, 2.45) is 5.73 Å². The van der Waals surface area contributed by atoms with Crippen molar-refractivity contribution in [3.05, 3.63) is 29.8 Å². The molecule has 0 atom stereocenters. The summed E-state index contributed by atoms with van der Waals surface area (Å²) in [5.74, 6) is 1.01. The fraction of sp³-hybridized carbons (Fsp3) is 0.571. The lowest BCUT2D eigenvalue weighted by Gasteiger charge is -2.26. The van der Waals surface area contributed by atoms with Crippen LogP contribution in [0.25, 0.3) is 0 Å². The van der Waals surface area contributed by atoms with Crippen LogP contribution in [0.2, 0.25) is 0 Å². The highest BCUT2D eigenvalue weighted by Gasteiger charge is 2.10. The maximum absolute atomic E-state index is 5.53. The molecule has 0 aromatic heterocycles. The number of thioether (sulfide) groups is 1. The molecule has 1 aromatic carbocycles. The smallest absolute Gasteiger partial charge is 0.0234 e. The molecule has 0 unspecified atom stereocenters. The van der Waals surface area contributed by atoms with Gasteiger partial charge in [-0.25, -0.2) is 0 Å². The van der Waals surface area contributed by atoms with Crippen LogP contribution < -0.4 is 5.73 Å². The van der Waals surface area contributed by atoms with Gasteiger partial charge in [0.25, 0.3) is 0 Å². The van der Waals surface area contributed by atoms with E-state index in [1.54, 1.807) is 0 Å². The number of nitrogens with two attached hydrogens (primary N) is 1. The highest BCUT2D eigenvalue weighted by molar-refractivity contribution is 7.99. The highest BCUT2D eigenvalue weighted by atomic mass is 32.2. The summed E-state index contributed by atoms with van der Waals surface area (Å²) in [6, 6.07) is 8.90. The largest absolute Gasteiger partial charge is 0.330 e. The lowest BCUT2D eigenvalue weighted by atomic mass is 10.1. The molecule has 3 heteroatoms. The number of rotatable bonds is 5. The Morgan fingerprint density at radius 2 is 2.00 bits per heavy atom. The Bertz CT molecular complexity index is 335. The molecule has 0 amide bonds. The van der Waals surface area contributed by atoms with Crippen molar-refractivity contribution in [3.63, 3.8) is 0 Å². The summed E-state index contributed by atoms with van der Waals surface area (Å²) in [5.41, 5.74) is 6.97. The van der Waals surface area contributed by atoms with E-state index in [0.29, 0.717) is 0 Å². The maximum atomic E-state index is 5.53. The third-order valence-corrected chi connectivity index (χ3v) is 4.17. The second-order valence-corrected chi connectivity index (χ2v) is 5.79. The van der Waals surface area contributed by atoms with E-state index < -0.39 is 0 Å². The molecule has 2 nitrogen and oxygen atoms in total. The van der Waals surface area contributed by atoms with Crippen LogP contribution in [0.3, 0.4) is 0 Å².